The Bertz CT molecular complexity index is 861. The number of benzene rings is 2. The molecule has 2 fully saturated rings. The minimum absolute atomic E-state index is 0.0292. The Balaban J connectivity index is 1.72. The monoisotopic (exact) mass is 413 g/mol. The number of para-hydroxylation sites is 1. The van der Waals surface area contributed by atoms with Crippen LogP contribution in [0.3, 0.4) is 0 Å². The van der Waals surface area contributed by atoms with Crippen molar-refractivity contribution in [3.8, 4) is 5.75 Å². The second-order valence-electron chi connectivity index (χ2n) is 7.48. The SMILES string of the molecule is COCCCN1C(=O)C2NNC(c3ccccc3O)C2C1c1ccc(SC)cc1. The van der Waals surface area contributed by atoms with E-state index < -0.39 is 0 Å². The first-order valence-corrected chi connectivity index (χ1v) is 11.1. The summed E-state index contributed by atoms with van der Waals surface area (Å²) in [6.45, 7) is 1.26. The number of nitrogens with one attached hydrogen (secondary N) is 2. The van der Waals surface area contributed by atoms with Crippen LogP contribution in [-0.4, -0.2) is 48.5 Å². The topological polar surface area (TPSA) is 73.8 Å². The number of hydrogen-bond donors (Lipinski definition) is 3. The van der Waals surface area contributed by atoms with Gasteiger partial charge in [-0.2, -0.15) is 0 Å². The lowest BCUT2D eigenvalue weighted by molar-refractivity contribution is -0.131. The molecule has 29 heavy (non-hydrogen) atoms. The highest BCUT2D eigenvalue weighted by atomic mass is 32.2. The maximum absolute atomic E-state index is 13.3. The zero-order chi connectivity index (χ0) is 20.4. The highest BCUT2D eigenvalue weighted by molar-refractivity contribution is 7.98. The van der Waals surface area contributed by atoms with Gasteiger partial charge < -0.3 is 14.7 Å². The molecule has 0 aliphatic carbocycles. The Morgan fingerprint density at radius 2 is 1.83 bits per heavy atom. The molecule has 154 valence electrons. The average Bonchev–Trinajstić information content (AvgIpc) is 3.28. The van der Waals surface area contributed by atoms with Gasteiger partial charge in [0.05, 0.1) is 12.1 Å². The fraction of sp³-hybridized carbons (Fsp3) is 0.409. The smallest absolute Gasteiger partial charge is 0.242 e. The van der Waals surface area contributed by atoms with Crippen molar-refractivity contribution in [2.24, 2.45) is 5.92 Å². The Labute approximate surface area is 175 Å². The summed E-state index contributed by atoms with van der Waals surface area (Å²) in [4.78, 5) is 16.4. The maximum atomic E-state index is 13.3. The van der Waals surface area contributed by atoms with Gasteiger partial charge in [0, 0.05) is 36.6 Å². The zero-order valence-corrected chi connectivity index (χ0v) is 17.5. The molecule has 0 bridgehead atoms. The molecular formula is C22H27N3O3S. The predicted octanol–water partition coefficient (Wildman–Crippen LogP) is 2.87. The van der Waals surface area contributed by atoms with Gasteiger partial charge in [0.2, 0.25) is 5.91 Å². The van der Waals surface area contributed by atoms with Gasteiger partial charge in [0.15, 0.2) is 0 Å². The zero-order valence-electron chi connectivity index (χ0n) is 16.7. The third-order valence-electron chi connectivity index (χ3n) is 5.89. The number of methoxy groups -OCH3 is 1. The van der Waals surface area contributed by atoms with Crippen molar-refractivity contribution in [2.45, 2.75) is 29.4 Å². The number of likely N-dealkylation sites (tertiary alicyclic amines) is 1. The maximum Gasteiger partial charge on any atom is 0.242 e. The van der Waals surface area contributed by atoms with Crippen molar-refractivity contribution in [3.63, 3.8) is 0 Å². The lowest BCUT2D eigenvalue weighted by Gasteiger charge is -2.31. The largest absolute Gasteiger partial charge is 0.508 e. The van der Waals surface area contributed by atoms with E-state index in [0.717, 1.165) is 17.5 Å². The Morgan fingerprint density at radius 3 is 2.52 bits per heavy atom. The molecule has 0 aromatic heterocycles. The van der Waals surface area contributed by atoms with Crippen LogP contribution in [0.4, 0.5) is 0 Å². The number of amides is 1. The van der Waals surface area contributed by atoms with Crippen LogP contribution < -0.4 is 10.9 Å². The second kappa shape index (κ2) is 8.75. The summed E-state index contributed by atoms with van der Waals surface area (Å²) in [6, 6.07) is 15.2. The third kappa shape index (κ3) is 3.75. The summed E-state index contributed by atoms with van der Waals surface area (Å²) in [6.07, 6.45) is 2.84. The predicted molar refractivity (Wildman–Crippen MR) is 114 cm³/mol. The second-order valence-corrected chi connectivity index (χ2v) is 8.36. The molecule has 4 unspecified atom stereocenters. The van der Waals surface area contributed by atoms with Gasteiger partial charge in [-0.15, -0.1) is 11.8 Å². The molecule has 0 radical (unpaired) electrons. The van der Waals surface area contributed by atoms with Crippen LogP contribution in [0, 0.1) is 5.92 Å². The molecule has 2 heterocycles. The van der Waals surface area contributed by atoms with E-state index in [0.29, 0.717) is 13.2 Å². The quantitative estimate of drug-likeness (QED) is 0.479. The minimum atomic E-state index is -0.327. The molecular weight excluding hydrogens is 386 g/mol. The van der Waals surface area contributed by atoms with Crippen molar-refractivity contribution < 1.29 is 14.6 Å². The summed E-state index contributed by atoms with van der Waals surface area (Å²) in [7, 11) is 1.68. The number of carbonyl (C=O) groups is 1. The standard InChI is InChI=1S/C22H27N3O3S/c1-28-13-5-12-25-21(14-8-10-15(29-2)11-9-14)18-19(23-24-20(18)22(25)27)16-6-3-4-7-17(16)26/h3-4,6-11,18-21,23-24,26H,5,12-13H2,1-2H3. The number of phenolic OH excluding ortho intramolecular Hbond substituents is 1. The summed E-state index contributed by atoms with van der Waals surface area (Å²) < 4.78 is 5.21. The summed E-state index contributed by atoms with van der Waals surface area (Å²) >= 11 is 1.70. The Morgan fingerprint density at radius 1 is 1.10 bits per heavy atom. The molecule has 6 nitrogen and oxygen atoms in total. The molecule has 2 aromatic rings. The number of thioether (sulfide) groups is 1. The number of carbonyl (C=O) groups excluding carboxylic acids is 1. The first-order chi connectivity index (χ1) is 14.2. The Hall–Kier alpha value is -2.06. The number of hydrazine groups is 1. The number of phenols is 1. The molecule has 1 amide bonds. The molecule has 4 atom stereocenters. The number of rotatable bonds is 7. The van der Waals surface area contributed by atoms with Crippen LogP contribution >= 0.6 is 11.8 Å². The fourth-order valence-electron chi connectivity index (χ4n) is 4.55. The van der Waals surface area contributed by atoms with E-state index >= 15 is 0 Å². The van der Waals surface area contributed by atoms with E-state index in [9.17, 15) is 9.90 Å². The number of fused-ring (bicyclic) bond motifs is 1. The minimum Gasteiger partial charge on any atom is -0.508 e. The van der Waals surface area contributed by atoms with Crippen LogP contribution in [0.5, 0.6) is 5.75 Å². The highest BCUT2D eigenvalue weighted by Crippen LogP contribution is 2.48. The first kappa shape index (κ1) is 20.2. The molecule has 0 saturated carbocycles. The van der Waals surface area contributed by atoms with E-state index in [-0.39, 0.29) is 35.7 Å². The van der Waals surface area contributed by atoms with Gasteiger partial charge in [-0.05, 0) is 36.4 Å². The Kier molecular flexibility index (Phi) is 6.10. The molecule has 2 aliphatic heterocycles. The van der Waals surface area contributed by atoms with E-state index in [1.165, 1.54) is 4.90 Å². The summed E-state index contributed by atoms with van der Waals surface area (Å²) in [5.41, 5.74) is 8.40. The van der Waals surface area contributed by atoms with Crippen molar-refractivity contribution >= 4 is 17.7 Å². The van der Waals surface area contributed by atoms with Crippen molar-refractivity contribution in [3.05, 3.63) is 59.7 Å². The van der Waals surface area contributed by atoms with Gasteiger partial charge in [0.1, 0.15) is 11.8 Å². The average molecular weight is 414 g/mol. The first-order valence-electron chi connectivity index (χ1n) is 9.88. The summed E-state index contributed by atoms with van der Waals surface area (Å²) in [5, 5.41) is 10.4. The lowest BCUT2D eigenvalue weighted by atomic mass is 9.83. The van der Waals surface area contributed by atoms with Gasteiger partial charge in [0.25, 0.3) is 0 Å². The van der Waals surface area contributed by atoms with E-state index in [2.05, 4.69) is 41.4 Å². The number of aromatic hydroxyl groups is 1. The molecule has 2 aromatic carbocycles. The molecule has 2 aliphatic rings. The molecule has 3 N–H and O–H groups in total. The highest BCUT2D eigenvalue weighted by Gasteiger charge is 2.55. The van der Waals surface area contributed by atoms with Crippen LogP contribution in [0.25, 0.3) is 0 Å². The number of nitrogens with zero attached hydrogens (tertiary/aromatic N) is 1. The fourth-order valence-corrected chi connectivity index (χ4v) is 4.95. The van der Waals surface area contributed by atoms with Crippen LogP contribution in [-0.2, 0) is 9.53 Å². The van der Waals surface area contributed by atoms with Gasteiger partial charge in [-0.1, -0.05) is 30.3 Å². The van der Waals surface area contributed by atoms with Gasteiger partial charge in [-0.3, -0.25) is 4.79 Å². The molecule has 0 spiro atoms. The number of ether oxygens (including phenoxy) is 1. The summed E-state index contributed by atoms with van der Waals surface area (Å²) in [5.74, 6) is 0.308. The van der Waals surface area contributed by atoms with Crippen molar-refractivity contribution in [1.29, 1.82) is 0 Å². The van der Waals surface area contributed by atoms with Gasteiger partial charge in [-0.25, -0.2) is 10.9 Å². The van der Waals surface area contributed by atoms with Crippen molar-refractivity contribution in [2.75, 3.05) is 26.5 Å². The normalized spacial score (nSPS) is 26.1. The molecule has 2 saturated heterocycles. The van der Waals surface area contributed by atoms with E-state index in [4.69, 9.17) is 4.74 Å². The van der Waals surface area contributed by atoms with E-state index in [1.54, 1.807) is 24.9 Å². The number of hydrogen-bond acceptors (Lipinski definition) is 6. The lowest BCUT2D eigenvalue weighted by Crippen LogP contribution is -2.41. The third-order valence-corrected chi connectivity index (χ3v) is 6.63. The van der Waals surface area contributed by atoms with E-state index in [1.807, 2.05) is 23.1 Å². The molecule has 7 heteroatoms. The van der Waals surface area contributed by atoms with Crippen LogP contribution in [0.1, 0.15) is 29.6 Å². The van der Waals surface area contributed by atoms with Crippen molar-refractivity contribution in [1.82, 2.24) is 15.8 Å². The molecule has 4 rings (SSSR count). The van der Waals surface area contributed by atoms with Gasteiger partial charge >= 0.3 is 0 Å². The van der Waals surface area contributed by atoms with Crippen LogP contribution in [0.15, 0.2) is 53.4 Å². The van der Waals surface area contributed by atoms with Crippen LogP contribution in [0.2, 0.25) is 0 Å².